The van der Waals surface area contributed by atoms with Crippen molar-refractivity contribution in [3.8, 4) is 0 Å². The van der Waals surface area contributed by atoms with Crippen LogP contribution in [-0.2, 0) is 18.5 Å². The van der Waals surface area contributed by atoms with Crippen molar-refractivity contribution in [3.05, 3.63) is 101 Å². The third-order valence-electron chi connectivity index (χ3n) is 6.85. The van der Waals surface area contributed by atoms with Gasteiger partial charge in [-0.05, 0) is 29.7 Å². The molecule has 0 unspecified atom stereocenters. The average molecular weight is 426 g/mol. The summed E-state index contributed by atoms with van der Waals surface area (Å²) in [6.07, 6.45) is 2.68. The zero-order valence-corrected chi connectivity index (χ0v) is 18.3. The van der Waals surface area contributed by atoms with E-state index in [-0.39, 0.29) is 11.6 Å². The molecule has 162 valence electrons. The van der Waals surface area contributed by atoms with Crippen LogP contribution >= 0.6 is 0 Å². The van der Waals surface area contributed by atoms with Gasteiger partial charge in [0.2, 0.25) is 0 Å². The first-order valence-electron chi connectivity index (χ1n) is 11.3. The van der Waals surface area contributed by atoms with E-state index >= 15 is 0 Å². The summed E-state index contributed by atoms with van der Waals surface area (Å²) in [5.74, 6) is -0.303. The van der Waals surface area contributed by atoms with Crippen molar-refractivity contribution >= 4 is 11.6 Å². The summed E-state index contributed by atoms with van der Waals surface area (Å²) >= 11 is 0. The van der Waals surface area contributed by atoms with Crippen molar-refractivity contribution in [2.24, 2.45) is 0 Å². The van der Waals surface area contributed by atoms with Crippen LogP contribution in [0.15, 0.2) is 72.9 Å². The van der Waals surface area contributed by atoms with Gasteiger partial charge < -0.3 is 0 Å². The molecule has 0 saturated carbocycles. The third kappa shape index (κ3) is 3.20. The molecule has 0 amide bonds. The Bertz CT molecular complexity index is 1120. The number of hydrogen-bond donors (Lipinski definition) is 0. The molecule has 32 heavy (non-hydrogen) atoms. The van der Waals surface area contributed by atoms with Gasteiger partial charge in [0.15, 0.2) is 17.1 Å². The summed E-state index contributed by atoms with van der Waals surface area (Å²) in [6, 6.07) is 21.2. The number of fused-ring (bicyclic) bond motifs is 1. The highest BCUT2D eigenvalue weighted by atomic mass is 16.2. The largest absolute Gasteiger partial charge is 0.297 e. The third-order valence-corrected chi connectivity index (χ3v) is 6.85. The van der Waals surface area contributed by atoms with E-state index in [2.05, 4.69) is 46.0 Å². The van der Waals surface area contributed by atoms with E-state index in [9.17, 15) is 9.59 Å². The minimum atomic E-state index is -1.36. The van der Waals surface area contributed by atoms with Gasteiger partial charge in [0.25, 0.3) is 0 Å². The van der Waals surface area contributed by atoms with Crippen LogP contribution in [-0.4, -0.2) is 52.5 Å². The van der Waals surface area contributed by atoms with E-state index in [1.807, 2.05) is 30.3 Å². The van der Waals surface area contributed by atoms with Gasteiger partial charge in [0, 0.05) is 50.0 Å². The lowest BCUT2D eigenvalue weighted by Gasteiger charge is -2.43. The Hall–Kier alpha value is -3.15. The van der Waals surface area contributed by atoms with Crippen molar-refractivity contribution in [1.29, 1.82) is 0 Å². The van der Waals surface area contributed by atoms with Gasteiger partial charge >= 0.3 is 0 Å². The van der Waals surface area contributed by atoms with Crippen molar-refractivity contribution in [3.63, 3.8) is 0 Å². The summed E-state index contributed by atoms with van der Waals surface area (Å²) < 4.78 is 0. The maximum Gasteiger partial charge on any atom is 0.198 e. The minimum absolute atomic E-state index is 0.151. The number of carbonyl (C=O) groups excluding carboxylic acids is 2. The molecule has 0 bridgehead atoms. The molecule has 2 aliphatic rings. The minimum Gasteiger partial charge on any atom is -0.297 e. The number of benzene rings is 2. The molecule has 5 rings (SSSR count). The molecular formula is C27H27N3O2. The highest BCUT2D eigenvalue weighted by Crippen LogP contribution is 2.42. The van der Waals surface area contributed by atoms with E-state index in [1.165, 1.54) is 11.1 Å². The van der Waals surface area contributed by atoms with Crippen LogP contribution in [0.5, 0.6) is 0 Å². The number of nitrogens with zero attached hydrogens (tertiary/aromatic N) is 3. The normalized spacial score (nSPS) is 18.7. The van der Waals surface area contributed by atoms with Crippen molar-refractivity contribution in [2.75, 3.05) is 26.2 Å². The fourth-order valence-electron chi connectivity index (χ4n) is 5.17. The summed E-state index contributed by atoms with van der Waals surface area (Å²) in [5, 5.41) is 0. The highest BCUT2D eigenvalue weighted by Gasteiger charge is 2.59. The Morgan fingerprint density at radius 3 is 1.97 bits per heavy atom. The van der Waals surface area contributed by atoms with Gasteiger partial charge in [0.05, 0.1) is 5.69 Å². The number of hydrogen-bond acceptors (Lipinski definition) is 5. The van der Waals surface area contributed by atoms with Crippen molar-refractivity contribution in [1.82, 2.24) is 14.8 Å². The van der Waals surface area contributed by atoms with Gasteiger partial charge in [-0.3, -0.25) is 24.4 Å². The lowest BCUT2D eigenvalue weighted by molar-refractivity contribution is 0.0266. The average Bonchev–Trinajstić information content (AvgIpc) is 3.08. The highest BCUT2D eigenvalue weighted by molar-refractivity contribution is 6.32. The molecular weight excluding hydrogens is 398 g/mol. The Morgan fingerprint density at radius 1 is 0.781 bits per heavy atom. The smallest absolute Gasteiger partial charge is 0.198 e. The Kier molecular flexibility index (Phi) is 5.45. The van der Waals surface area contributed by atoms with E-state index in [1.54, 1.807) is 18.3 Å². The predicted octanol–water partition coefficient (Wildman–Crippen LogP) is 3.74. The summed E-state index contributed by atoms with van der Waals surface area (Å²) in [5.41, 5.74) is 2.89. The molecule has 2 heterocycles. The SMILES string of the molecule is CCc1ccccc1CN1CCN(C2(c3ccccn3)C(=O)c3ccccc3C2=O)CC1. The van der Waals surface area contributed by atoms with Crippen LogP contribution in [0.2, 0.25) is 0 Å². The summed E-state index contributed by atoms with van der Waals surface area (Å²) in [6.45, 7) is 5.93. The first-order valence-corrected chi connectivity index (χ1v) is 11.3. The molecule has 1 aliphatic carbocycles. The number of aryl methyl sites for hydroxylation is 1. The molecule has 1 aromatic heterocycles. The second-order valence-corrected chi connectivity index (χ2v) is 8.51. The lowest BCUT2D eigenvalue weighted by Crippen LogP contribution is -2.60. The second-order valence-electron chi connectivity index (χ2n) is 8.51. The van der Waals surface area contributed by atoms with Gasteiger partial charge in [-0.15, -0.1) is 0 Å². The molecule has 0 spiro atoms. The lowest BCUT2D eigenvalue weighted by atomic mass is 9.85. The van der Waals surface area contributed by atoms with E-state index < -0.39 is 5.54 Å². The number of piperazine rings is 1. The topological polar surface area (TPSA) is 53.5 Å². The fraction of sp³-hybridized carbons (Fsp3) is 0.296. The zero-order chi connectivity index (χ0) is 22.1. The molecule has 2 aromatic carbocycles. The number of ketones is 2. The summed E-state index contributed by atoms with van der Waals surface area (Å²) in [4.78, 5) is 36.5. The molecule has 5 nitrogen and oxygen atoms in total. The molecule has 0 atom stereocenters. The van der Waals surface area contributed by atoms with Crippen molar-refractivity contribution < 1.29 is 9.59 Å². The van der Waals surface area contributed by atoms with Gasteiger partial charge in [-0.2, -0.15) is 0 Å². The van der Waals surface area contributed by atoms with Crippen LogP contribution in [0.25, 0.3) is 0 Å². The van der Waals surface area contributed by atoms with Crippen LogP contribution in [0.4, 0.5) is 0 Å². The molecule has 3 aromatic rings. The van der Waals surface area contributed by atoms with Crippen LogP contribution in [0.3, 0.4) is 0 Å². The number of rotatable bonds is 5. The molecule has 0 N–H and O–H groups in total. The number of aromatic nitrogens is 1. The number of Topliss-reactive ketones (excluding diaryl/α,β-unsaturated/α-hetero) is 2. The van der Waals surface area contributed by atoms with Crippen LogP contribution in [0, 0.1) is 0 Å². The Morgan fingerprint density at radius 2 is 1.38 bits per heavy atom. The molecule has 0 radical (unpaired) electrons. The Labute approximate surface area is 188 Å². The maximum atomic E-state index is 13.8. The van der Waals surface area contributed by atoms with E-state index in [0.717, 1.165) is 26.1 Å². The molecule has 5 heteroatoms. The number of pyridine rings is 1. The van der Waals surface area contributed by atoms with E-state index in [4.69, 9.17) is 0 Å². The first kappa shape index (κ1) is 20.7. The van der Waals surface area contributed by atoms with E-state index in [0.29, 0.717) is 29.9 Å². The second kappa shape index (κ2) is 8.41. The zero-order valence-electron chi connectivity index (χ0n) is 18.3. The van der Waals surface area contributed by atoms with Gasteiger partial charge in [0.1, 0.15) is 0 Å². The van der Waals surface area contributed by atoms with Crippen molar-refractivity contribution in [2.45, 2.75) is 25.4 Å². The summed E-state index contributed by atoms with van der Waals surface area (Å²) in [7, 11) is 0. The monoisotopic (exact) mass is 425 g/mol. The first-order chi connectivity index (χ1) is 15.7. The predicted molar refractivity (Wildman–Crippen MR) is 124 cm³/mol. The molecule has 1 saturated heterocycles. The standard InChI is InChI=1S/C27H27N3O2/c1-2-20-9-3-4-10-21(20)19-29-15-17-30(18-16-29)27(24-13-7-8-14-28-24)25(31)22-11-5-6-12-23(22)26(27)32/h3-14H,2,15-19H2,1H3. The van der Waals surface area contributed by atoms with Gasteiger partial charge in [-0.1, -0.05) is 61.5 Å². The Balaban J connectivity index is 1.44. The van der Waals surface area contributed by atoms with Crippen LogP contribution < -0.4 is 0 Å². The quantitative estimate of drug-likeness (QED) is 0.583. The van der Waals surface area contributed by atoms with Gasteiger partial charge in [-0.25, -0.2) is 0 Å². The maximum absolute atomic E-state index is 13.8. The number of carbonyl (C=O) groups is 2. The van der Waals surface area contributed by atoms with Crippen LogP contribution in [0.1, 0.15) is 44.5 Å². The molecule has 1 aliphatic heterocycles. The fourth-order valence-corrected chi connectivity index (χ4v) is 5.17. The molecule has 1 fully saturated rings.